The van der Waals surface area contributed by atoms with Crippen molar-refractivity contribution in [3.05, 3.63) is 0 Å². The predicted octanol–water partition coefficient (Wildman–Crippen LogP) is 1.57. The molecule has 0 aliphatic heterocycles. The van der Waals surface area contributed by atoms with Gasteiger partial charge in [-0.15, -0.1) is 0 Å². The van der Waals surface area contributed by atoms with E-state index < -0.39 is 0 Å². The van der Waals surface area contributed by atoms with Crippen LogP contribution in [0.3, 0.4) is 0 Å². The maximum absolute atomic E-state index is 9.54. The van der Waals surface area contributed by atoms with Gasteiger partial charge in [-0.1, -0.05) is 12.8 Å². The van der Waals surface area contributed by atoms with E-state index in [0.29, 0.717) is 5.92 Å². The molecule has 1 fully saturated rings. The van der Waals surface area contributed by atoms with Crippen molar-refractivity contribution in [1.29, 1.82) is 0 Å². The molecule has 0 aromatic heterocycles. The lowest BCUT2D eigenvalue weighted by atomic mass is 9.85. The largest absolute Gasteiger partial charge is 0.393 e. The minimum Gasteiger partial charge on any atom is -0.393 e. The average Bonchev–Trinajstić information content (AvgIpc) is 2.03. The van der Waals surface area contributed by atoms with E-state index in [4.69, 9.17) is 4.74 Å². The van der Waals surface area contributed by atoms with E-state index in [1.165, 1.54) is 19.3 Å². The van der Waals surface area contributed by atoms with Crippen molar-refractivity contribution in [3.63, 3.8) is 0 Å². The highest BCUT2D eigenvalue weighted by Gasteiger charge is 2.21. The molecule has 1 saturated carbocycles. The summed E-state index contributed by atoms with van der Waals surface area (Å²) in [4.78, 5) is 0. The van der Waals surface area contributed by atoms with Gasteiger partial charge < -0.3 is 9.84 Å². The van der Waals surface area contributed by atoms with Crippen molar-refractivity contribution in [3.8, 4) is 0 Å². The summed E-state index contributed by atoms with van der Waals surface area (Å²) in [7, 11) is 1.72. The summed E-state index contributed by atoms with van der Waals surface area (Å²) in [6.45, 7) is 0.793. The van der Waals surface area contributed by atoms with Gasteiger partial charge in [0.15, 0.2) is 0 Å². The Labute approximate surface area is 68.6 Å². The second-order valence-electron chi connectivity index (χ2n) is 3.39. The first-order valence-corrected chi connectivity index (χ1v) is 4.51. The van der Waals surface area contributed by atoms with Crippen LogP contribution in [0.15, 0.2) is 0 Å². The molecule has 1 aliphatic rings. The average molecular weight is 158 g/mol. The van der Waals surface area contributed by atoms with Crippen LogP contribution in [0.1, 0.15) is 32.1 Å². The molecule has 0 heterocycles. The molecule has 1 rings (SSSR count). The Bertz CT molecular complexity index is 104. The number of methoxy groups -OCH3 is 1. The van der Waals surface area contributed by atoms with Crippen LogP contribution in [0.25, 0.3) is 0 Å². The summed E-state index contributed by atoms with van der Waals surface area (Å²) in [6.07, 6.45) is 5.63. The Hall–Kier alpha value is -0.0800. The molecular formula is C9H18O2. The Balaban J connectivity index is 2.18. The highest BCUT2D eigenvalue weighted by atomic mass is 16.5. The molecule has 0 radical (unpaired) electrons. The van der Waals surface area contributed by atoms with Crippen LogP contribution >= 0.6 is 0 Å². The third-order valence-corrected chi connectivity index (χ3v) is 2.56. The fourth-order valence-electron chi connectivity index (χ4n) is 1.79. The third-order valence-electron chi connectivity index (χ3n) is 2.56. The van der Waals surface area contributed by atoms with Crippen LogP contribution in [0.4, 0.5) is 0 Å². The first-order chi connectivity index (χ1) is 5.34. The Kier molecular flexibility index (Phi) is 3.87. The standard InChI is InChI=1S/C9H18O2/c1-11-7-6-8-4-2-3-5-9(8)10/h8-10H,2-7H2,1H3/t8-,9+/m0/s1. The molecule has 66 valence electrons. The lowest BCUT2D eigenvalue weighted by molar-refractivity contribution is 0.0488. The molecule has 0 saturated heterocycles. The van der Waals surface area contributed by atoms with Crippen LogP contribution in [0.5, 0.6) is 0 Å². The van der Waals surface area contributed by atoms with Crippen LogP contribution in [-0.4, -0.2) is 24.9 Å². The van der Waals surface area contributed by atoms with Gasteiger partial charge in [-0.25, -0.2) is 0 Å². The molecule has 0 aromatic carbocycles. The molecule has 2 heteroatoms. The fourth-order valence-corrected chi connectivity index (χ4v) is 1.79. The van der Waals surface area contributed by atoms with Crippen LogP contribution < -0.4 is 0 Å². The second kappa shape index (κ2) is 4.73. The number of aliphatic hydroxyl groups is 1. The zero-order chi connectivity index (χ0) is 8.10. The molecular weight excluding hydrogens is 140 g/mol. The van der Waals surface area contributed by atoms with Crippen molar-refractivity contribution >= 4 is 0 Å². The number of aliphatic hydroxyl groups excluding tert-OH is 1. The van der Waals surface area contributed by atoms with E-state index in [1.54, 1.807) is 7.11 Å². The predicted molar refractivity (Wildman–Crippen MR) is 44.5 cm³/mol. The zero-order valence-electron chi connectivity index (χ0n) is 7.25. The number of hydrogen-bond donors (Lipinski definition) is 1. The summed E-state index contributed by atoms with van der Waals surface area (Å²) in [5.41, 5.74) is 0. The molecule has 0 bridgehead atoms. The van der Waals surface area contributed by atoms with E-state index in [-0.39, 0.29) is 6.10 Å². The van der Waals surface area contributed by atoms with E-state index in [9.17, 15) is 5.11 Å². The second-order valence-corrected chi connectivity index (χ2v) is 3.39. The quantitative estimate of drug-likeness (QED) is 0.675. The van der Waals surface area contributed by atoms with E-state index in [0.717, 1.165) is 19.4 Å². The number of rotatable bonds is 3. The Morgan fingerprint density at radius 1 is 1.36 bits per heavy atom. The molecule has 0 amide bonds. The van der Waals surface area contributed by atoms with Crippen molar-refractivity contribution in [2.24, 2.45) is 5.92 Å². The molecule has 2 nitrogen and oxygen atoms in total. The number of ether oxygens (including phenoxy) is 1. The van der Waals surface area contributed by atoms with E-state index >= 15 is 0 Å². The molecule has 0 aromatic rings. The summed E-state index contributed by atoms with van der Waals surface area (Å²) < 4.78 is 4.98. The van der Waals surface area contributed by atoms with Gasteiger partial charge in [0, 0.05) is 13.7 Å². The lowest BCUT2D eigenvalue weighted by Gasteiger charge is -2.27. The molecule has 1 N–H and O–H groups in total. The summed E-state index contributed by atoms with van der Waals surface area (Å²) in [5, 5.41) is 9.54. The van der Waals surface area contributed by atoms with Gasteiger partial charge in [0.1, 0.15) is 0 Å². The topological polar surface area (TPSA) is 29.5 Å². The minimum absolute atomic E-state index is 0.0566. The van der Waals surface area contributed by atoms with Gasteiger partial charge in [-0.3, -0.25) is 0 Å². The van der Waals surface area contributed by atoms with Crippen LogP contribution in [0, 0.1) is 5.92 Å². The van der Waals surface area contributed by atoms with Gasteiger partial charge in [-0.2, -0.15) is 0 Å². The normalized spacial score (nSPS) is 32.2. The third kappa shape index (κ3) is 2.80. The molecule has 2 atom stereocenters. The van der Waals surface area contributed by atoms with Crippen molar-refractivity contribution < 1.29 is 9.84 Å². The summed E-state index contributed by atoms with van der Waals surface area (Å²) in [6, 6.07) is 0. The lowest BCUT2D eigenvalue weighted by Crippen LogP contribution is -2.25. The maximum Gasteiger partial charge on any atom is 0.0569 e. The fraction of sp³-hybridized carbons (Fsp3) is 1.00. The minimum atomic E-state index is -0.0566. The van der Waals surface area contributed by atoms with E-state index in [2.05, 4.69) is 0 Å². The van der Waals surface area contributed by atoms with Gasteiger partial charge in [-0.05, 0) is 25.2 Å². The van der Waals surface area contributed by atoms with Crippen molar-refractivity contribution in [2.45, 2.75) is 38.2 Å². The molecule has 11 heavy (non-hydrogen) atoms. The highest BCUT2D eigenvalue weighted by molar-refractivity contribution is 4.73. The van der Waals surface area contributed by atoms with Gasteiger partial charge in [0.2, 0.25) is 0 Å². The Morgan fingerprint density at radius 3 is 2.73 bits per heavy atom. The summed E-state index contributed by atoms with van der Waals surface area (Å²) >= 11 is 0. The SMILES string of the molecule is COCC[C@@H]1CCCC[C@H]1O. The maximum atomic E-state index is 9.54. The zero-order valence-corrected chi connectivity index (χ0v) is 7.25. The van der Waals surface area contributed by atoms with Crippen LogP contribution in [0.2, 0.25) is 0 Å². The molecule has 0 spiro atoms. The number of hydrogen-bond acceptors (Lipinski definition) is 2. The van der Waals surface area contributed by atoms with Crippen molar-refractivity contribution in [2.75, 3.05) is 13.7 Å². The van der Waals surface area contributed by atoms with Crippen molar-refractivity contribution in [1.82, 2.24) is 0 Å². The smallest absolute Gasteiger partial charge is 0.0569 e. The molecule has 1 aliphatic carbocycles. The monoisotopic (exact) mass is 158 g/mol. The van der Waals surface area contributed by atoms with E-state index in [1.807, 2.05) is 0 Å². The van der Waals surface area contributed by atoms with Gasteiger partial charge in [0.05, 0.1) is 6.10 Å². The van der Waals surface area contributed by atoms with Crippen LogP contribution in [-0.2, 0) is 4.74 Å². The summed E-state index contributed by atoms with van der Waals surface area (Å²) in [5.74, 6) is 0.503. The molecule has 0 unspecified atom stereocenters. The Morgan fingerprint density at radius 2 is 2.09 bits per heavy atom. The van der Waals surface area contributed by atoms with Gasteiger partial charge in [0.25, 0.3) is 0 Å². The highest BCUT2D eigenvalue weighted by Crippen LogP contribution is 2.26. The first kappa shape index (κ1) is 9.01. The van der Waals surface area contributed by atoms with Gasteiger partial charge >= 0.3 is 0 Å². The first-order valence-electron chi connectivity index (χ1n) is 4.51.